The first-order chi connectivity index (χ1) is 11.2. The van der Waals surface area contributed by atoms with Gasteiger partial charge < -0.3 is 5.11 Å². The van der Waals surface area contributed by atoms with Crippen molar-refractivity contribution in [2.24, 2.45) is 7.05 Å². The van der Waals surface area contributed by atoms with Gasteiger partial charge in [-0.05, 0) is 24.3 Å². The van der Waals surface area contributed by atoms with E-state index < -0.39 is 0 Å². The van der Waals surface area contributed by atoms with Gasteiger partial charge in [-0.1, -0.05) is 42.2 Å². The normalized spacial score (nSPS) is 10.1. The van der Waals surface area contributed by atoms with Crippen molar-refractivity contribution in [2.75, 3.05) is 5.75 Å². The molecule has 3 rings (SSSR count). The third kappa shape index (κ3) is 3.77. The van der Waals surface area contributed by atoms with E-state index in [1.807, 2.05) is 43.6 Å². The van der Waals surface area contributed by atoms with Crippen molar-refractivity contribution in [3.8, 4) is 28.8 Å². The van der Waals surface area contributed by atoms with Crippen LogP contribution in [0.15, 0.2) is 65.7 Å². The summed E-state index contributed by atoms with van der Waals surface area (Å²) in [6.45, 7) is 0. The number of hydrogen-bond acceptors (Lipinski definition) is 3. The number of phenols is 1. The standard InChI is InChI=1S/C19H16N2OS/c1-21-14-15(8-7-13-23-16-9-3-2-4-10-16)19(20-21)17-11-5-6-12-18(17)22/h2-6,9-12,14,22H,13H2,1H3. The number of aryl methyl sites for hydroxylation is 1. The molecule has 4 heteroatoms. The van der Waals surface area contributed by atoms with Gasteiger partial charge >= 0.3 is 0 Å². The second-order valence-corrected chi connectivity index (χ2v) is 6.03. The van der Waals surface area contributed by atoms with Gasteiger partial charge in [0.2, 0.25) is 0 Å². The zero-order valence-corrected chi connectivity index (χ0v) is 13.5. The third-order valence-corrected chi connectivity index (χ3v) is 4.16. The summed E-state index contributed by atoms with van der Waals surface area (Å²) in [5.74, 6) is 7.26. The number of aromatic nitrogens is 2. The lowest BCUT2D eigenvalue weighted by atomic mass is 10.1. The lowest BCUT2D eigenvalue weighted by molar-refractivity contribution is 0.477. The minimum Gasteiger partial charge on any atom is -0.507 e. The van der Waals surface area contributed by atoms with E-state index in [2.05, 4.69) is 29.1 Å². The van der Waals surface area contributed by atoms with Gasteiger partial charge in [-0.2, -0.15) is 5.10 Å². The average Bonchev–Trinajstić information content (AvgIpc) is 2.93. The molecule has 0 aliphatic heterocycles. The van der Waals surface area contributed by atoms with Gasteiger partial charge in [0.15, 0.2) is 0 Å². The van der Waals surface area contributed by atoms with E-state index in [0.29, 0.717) is 17.0 Å². The van der Waals surface area contributed by atoms with Gasteiger partial charge in [0.05, 0.1) is 11.3 Å². The fourth-order valence-electron chi connectivity index (χ4n) is 2.22. The minimum absolute atomic E-state index is 0.216. The zero-order valence-electron chi connectivity index (χ0n) is 12.7. The monoisotopic (exact) mass is 320 g/mol. The summed E-state index contributed by atoms with van der Waals surface area (Å²) in [5.41, 5.74) is 2.23. The molecule has 114 valence electrons. The van der Waals surface area contributed by atoms with E-state index in [9.17, 15) is 5.11 Å². The molecule has 1 heterocycles. The number of aromatic hydroxyl groups is 1. The number of hydrogen-bond donors (Lipinski definition) is 1. The van der Waals surface area contributed by atoms with E-state index in [1.54, 1.807) is 28.6 Å². The first-order valence-electron chi connectivity index (χ1n) is 7.23. The van der Waals surface area contributed by atoms with Crippen LogP contribution < -0.4 is 0 Å². The highest BCUT2D eigenvalue weighted by Gasteiger charge is 2.11. The highest BCUT2D eigenvalue weighted by Crippen LogP contribution is 2.29. The van der Waals surface area contributed by atoms with Gasteiger partial charge in [-0.25, -0.2) is 0 Å². The van der Waals surface area contributed by atoms with Gasteiger partial charge in [-0.15, -0.1) is 11.8 Å². The van der Waals surface area contributed by atoms with Gasteiger partial charge in [0.25, 0.3) is 0 Å². The zero-order chi connectivity index (χ0) is 16.1. The molecule has 0 radical (unpaired) electrons. The molecule has 3 aromatic rings. The predicted octanol–water partition coefficient (Wildman–Crippen LogP) is 3.94. The molecule has 0 fully saturated rings. The van der Waals surface area contributed by atoms with Crippen molar-refractivity contribution >= 4 is 11.8 Å². The molecule has 2 aromatic carbocycles. The van der Waals surface area contributed by atoms with Crippen molar-refractivity contribution in [1.82, 2.24) is 9.78 Å². The molecule has 0 aliphatic carbocycles. The third-order valence-electron chi connectivity index (χ3n) is 3.27. The van der Waals surface area contributed by atoms with Crippen LogP contribution in [-0.4, -0.2) is 20.6 Å². The SMILES string of the molecule is Cn1cc(C#CCSc2ccccc2)c(-c2ccccc2O)n1. The quantitative estimate of drug-likeness (QED) is 0.587. The summed E-state index contributed by atoms with van der Waals surface area (Å²) >= 11 is 1.70. The van der Waals surface area contributed by atoms with Crippen LogP contribution in [0.2, 0.25) is 0 Å². The maximum atomic E-state index is 10.0. The molecule has 0 saturated carbocycles. The van der Waals surface area contributed by atoms with Crippen LogP contribution in [0.25, 0.3) is 11.3 Å². The van der Waals surface area contributed by atoms with E-state index >= 15 is 0 Å². The second kappa shape index (κ2) is 7.08. The first kappa shape index (κ1) is 15.3. The molecule has 0 bridgehead atoms. The fraction of sp³-hybridized carbons (Fsp3) is 0.105. The molecule has 3 nitrogen and oxygen atoms in total. The average molecular weight is 320 g/mol. The number of rotatable bonds is 3. The van der Waals surface area contributed by atoms with E-state index in [4.69, 9.17) is 0 Å². The Hall–Kier alpha value is -2.64. The van der Waals surface area contributed by atoms with E-state index in [-0.39, 0.29) is 5.75 Å². The Kier molecular flexibility index (Phi) is 4.70. The van der Waals surface area contributed by atoms with Gasteiger partial charge in [-0.3, -0.25) is 4.68 Å². The Morgan fingerprint density at radius 1 is 1.09 bits per heavy atom. The first-order valence-corrected chi connectivity index (χ1v) is 8.21. The Bertz CT molecular complexity index is 860. The summed E-state index contributed by atoms with van der Waals surface area (Å²) < 4.78 is 1.72. The van der Waals surface area contributed by atoms with Crippen molar-refractivity contribution in [3.63, 3.8) is 0 Å². The number of phenolic OH excluding ortho intramolecular Hbond substituents is 1. The summed E-state index contributed by atoms with van der Waals surface area (Å²) in [4.78, 5) is 1.20. The van der Waals surface area contributed by atoms with Crippen molar-refractivity contribution in [3.05, 3.63) is 66.4 Å². The van der Waals surface area contributed by atoms with E-state index in [0.717, 1.165) is 5.56 Å². The largest absolute Gasteiger partial charge is 0.507 e. The van der Waals surface area contributed by atoms with Gasteiger partial charge in [0, 0.05) is 23.7 Å². The minimum atomic E-state index is 0.216. The molecular formula is C19H16N2OS. The van der Waals surface area contributed by atoms with Crippen LogP contribution >= 0.6 is 11.8 Å². The molecule has 0 spiro atoms. The Morgan fingerprint density at radius 3 is 2.61 bits per heavy atom. The molecule has 0 aliphatic rings. The van der Waals surface area contributed by atoms with Crippen LogP contribution in [-0.2, 0) is 7.05 Å². The van der Waals surface area contributed by atoms with Crippen LogP contribution in [0.3, 0.4) is 0 Å². The number of benzene rings is 2. The summed E-state index contributed by atoms with van der Waals surface area (Å²) in [5, 5.41) is 14.4. The summed E-state index contributed by atoms with van der Waals surface area (Å²) in [6.07, 6.45) is 1.88. The summed E-state index contributed by atoms with van der Waals surface area (Å²) in [6, 6.07) is 17.4. The maximum Gasteiger partial charge on any atom is 0.125 e. The molecular weight excluding hydrogens is 304 g/mol. The fourth-order valence-corrected chi connectivity index (χ4v) is 2.88. The molecule has 1 N–H and O–H groups in total. The molecule has 0 unspecified atom stereocenters. The predicted molar refractivity (Wildman–Crippen MR) is 94.4 cm³/mol. The topological polar surface area (TPSA) is 38.0 Å². The van der Waals surface area contributed by atoms with Crippen LogP contribution in [0, 0.1) is 11.8 Å². The number of thioether (sulfide) groups is 1. The van der Waals surface area contributed by atoms with Crippen LogP contribution in [0.4, 0.5) is 0 Å². The molecule has 23 heavy (non-hydrogen) atoms. The van der Waals surface area contributed by atoms with Crippen molar-refractivity contribution in [1.29, 1.82) is 0 Å². The maximum absolute atomic E-state index is 10.0. The Morgan fingerprint density at radius 2 is 1.83 bits per heavy atom. The number of nitrogens with zero attached hydrogens (tertiary/aromatic N) is 2. The highest BCUT2D eigenvalue weighted by molar-refractivity contribution is 7.99. The van der Waals surface area contributed by atoms with Crippen molar-refractivity contribution in [2.45, 2.75) is 4.90 Å². The number of para-hydroxylation sites is 1. The smallest absolute Gasteiger partial charge is 0.125 e. The lowest BCUT2D eigenvalue weighted by Gasteiger charge is -2.00. The van der Waals surface area contributed by atoms with Crippen molar-refractivity contribution < 1.29 is 5.11 Å². The van der Waals surface area contributed by atoms with E-state index in [1.165, 1.54) is 4.90 Å². The highest BCUT2D eigenvalue weighted by atomic mass is 32.2. The molecule has 1 aromatic heterocycles. The van der Waals surface area contributed by atoms with Gasteiger partial charge in [0.1, 0.15) is 11.4 Å². The Balaban J connectivity index is 1.79. The van der Waals surface area contributed by atoms with Crippen LogP contribution in [0.5, 0.6) is 5.75 Å². The second-order valence-electron chi connectivity index (χ2n) is 4.99. The Labute approximate surface area is 140 Å². The molecule has 0 atom stereocenters. The van der Waals surface area contributed by atoms with Crippen LogP contribution in [0.1, 0.15) is 5.56 Å². The lowest BCUT2D eigenvalue weighted by Crippen LogP contribution is -1.88. The molecule has 0 amide bonds. The summed E-state index contributed by atoms with van der Waals surface area (Å²) in [7, 11) is 1.85. The molecule has 0 saturated heterocycles.